The molecule has 0 amide bonds. The van der Waals surface area contributed by atoms with Crippen molar-refractivity contribution in [1.29, 1.82) is 0 Å². The maximum atomic E-state index is 3.68. The van der Waals surface area contributed by atoms with E-state index in [1.54, 1.807) is 0 Å². The average Bonchev–Trinajstić information content (AvgIpc) is 3.00. The molecule has 2 aliphatic rings. The molecule has 100 valence electrons. The molecule has 0 saturated carbocycles. The van der Waals surface area contributed by atoms with Gasteiger partial charge in [0.2, 0.25) is 0 Å². The minimum Gasteiger partial charge on any atom is -0.347 e. The predicted molar refractivity (Wildman–Crippen MR) is 82.7 cm³/mol. The molecule has 0 aliphatic carbocycles. The van der Waals surface area contributed by atoms with Crippen LogP contribution in [0.15, 0.2) is 22.8 Å². The maximum Gasteiger partial charge on any atom is 0.0516 e. The van der Waals surface area contributed by atoms with Crippen LogP contribution in [0, 0.1) is 0 Å². The second-order valence-corrected chi connectivity index (χ2v) is 6.83. The molecule has 3 heterocycles. The SMILES string of the molecule is Brc1cc2c3c(c1)c(CC1CCCN1)cn3CCC2. The summed E-state index contributed by atoms with van der Waals surface area (Å²) in [5.74, 6) is 0. The Labute approximate surface area is 122 Å². The Bertz CT molecular complexity index is 623. The van der Waals surface area contributed by atoms with Crippen molar-refractivity contribution in [1.82, 2.24) is 9.88 Å². The molecule has 2 nitrogen and oxygen atoms in total. The van der Waals surface area contributed by atoms with Crippen LogP contribution in [0.3, 0.4) is 0 Å². The van der Waals surface area contributed by atoms with Gasteiger partial charge in [-0.05, 0) is 61.9 Å². The molecule has 1 N–H and O–H groups in total. The topological polar surface area (TPSA) is 17.0 Å². The fourth-order valence-electron chi connectivity index (χ4n) is 3.73. The Morgan fingerprint density at radius 1 is 1.32 bits per heavy atom. The third-order valence-corrected chi connectivity index (χ3v) is 5.03. The van der Waals surface area contributed by atoms with Crippen LogP contribution in [0.4, 0.5) is 0 Å². The van der Waals surface area contributed by atoms with Crippen molar-refractivity contribution in [2.45, 2.75) is 44.7 Å². The maximum absolute atomic E-state index is 3.68. The smallest absolute Gasteiger partial charge is 0.0516 e. The second kappa shape index (κ2) is 4.64. The minimum absolute atomic E-state index is 0.683. The number of nitrogens with zero attached hydrogens (tertiary/aromatic N) is 1. The Balaban J connectivity index is 1.82. The van der Waals surface area contributed by atoms with Gasteiger partial charge < -0.3 is 9.88 Å². The van der Waals surface area contributed by atoms with Gasteiger partial charge in [-0.2, -0.15) is 0 Å². The Morgan fingerprint density at radius 3 is 3.11 bits per heavy atom. The van der Waals surface area contributed by atoms with Gasteiger partial charge >= 0.3 is 0 Å². The molecule has 1 aromatic heterocycles. The first kappa shape index (κ1) is 12.0. The summed E-state index contributed by atoms with van der Waals surface area (Å²) in [5, 5.41) is 5.09. The summed E-state index contributed by atoms with van der Waals surface area (Å²) >= 11 is 3.68. The fraction of sp³-hybridized carbons (Fsp3) is 0.500. The number of aryl methyl sites for hydroxylation is 2. The van der Waals surface area contributed by atoms with E-state index >= 15 is 0 Å². The van der Waals surface area contributed by atoms with E-state index < -0.39 is 0 Å². The molecule has 0 bridgehead atoms. The molecule has 3 heteroatoms. The summed E-state index contributed by atoms with van der Waals surface area (Å²) in [6.07, 6.45) is 8.74. The van der Waals surface area contributed by atoms with Gasteiger partial charge in [-0.3, -0.25) is 0 Å². The summed E-state index contributed by atoms with van der Waals surface area (Å²) < 4.78 is 3.71. The molecule has 0 radical (unpaired) electrons. The fourth-order valence-corrected chi connectivity index (χ4v) is 4.23. The molecule has 2 aliphatic heterocycles. The first-order valence-electron chi connectivity index (χ1n) is 7.35. The lowest BCUT2D eigenvalue weighted by Gasteiger charge is -2.15. The summed E-state index contributed by atoms with van der Waals surface area (Å²) in [4.78, 5) is 0. The molecule has 1 saturated heterocycles. The molecule has 1 unspecified atom stereocenters. The van der Waals surface area contributed by atoms with Crippen molar-refractivity contribution < 1.29 is 0 Å². The predicted octanol–water partition coefficient (Wildman–Crippen LogP) is 3.64. The van der Waals surface area contributed by atoms with Gasteiger partial charge in [0.25, 0.3) is 0 Å². The third kappa shape index (κ3) is 2.03. The van der Waals surface area contributed by atoms with Crippen molar-refractivity contribution >= 4 is 26.8 Å². The van der Waals surface area contributed by atoms with Gasteiger partial charge in [0.05, 0.1) is 5.52 Å². The zero-order chi connectivity index (χ0) is 12.8. The molecular weight excluding hydrogens is 300 g/mol. The molecule has 2 aromatic rings. The highest BCUT2D eigenvalue weighted by Gasteiger charge is 2.20. The lowest BCUT2D eigenvalue weighted by Crippen LogP contribution is -2.23. The number of hydrogen-bond acceptors (Lipinski definition) is 1. The van der Waals surface area contributed by atoms with Crippen LogP contribution in [0.25, 0.3) is 10.9 Å². The lowest BCUT2D eigenvalue weighted by atomic mass is 10.00. The second-order valence-electron chi connectivity index (χ2n) is 5.91. The highest BCUT2D eigenvalue weighted by molar-refractivity contribution is 9.10. The minimum atomic E-state index is 0.683. The Morgan fingerprint density at radius 2 is 2.26 bits per heavy atom. The number of hydrogen-bond donors (Lipinski definition) is 1. The molecule has 1 atom stereocenters. The van der Waals surface area contributed by atoms with E-state index in [0.717, 1.165) is 0 Å². The van der Waals surface area contributed by atoms with Crippen molar-refractivity contribution in [2.24, 2.45) is 0 Å². The highest BCUT2D eigenvalue weighted by Crippen LogP contribution is 2.33. The van der Waals surface area contributed by atoms with Crippen molar-refractivity contribution in [3.05, 3.63) is 33.9 Å². The largest absolute Gasteiger partial charge is 0.347 e. The van der Waals surface area contributed by atoms with Crippen LogP contribution in [0.2, 0.25) is 0 Å². The van der Waals surface area contributed by atoms with E-state index in [4.69, 9.17) is 0 Å². The van der Waals surface area contributed by atoms with Crippen LogP contribution in [0.1, 0.15) is 30.4 Å². The summed E-state index contributed by atoms with van der Waals surface area (Å²) in [7, 11) is 0. The lowest BCUT2D eigenvalue weighted by molar-refractivity contribution is 0.599. The van der Waals surface area contributed by atoms with Gasteiger partial charge in [-0.15, -0.1) is 0 Å². The summed E-state index contributed by atoms with van der Waals surface area (Å²) in [5.41, 5.74) is 4.53. The molecule has 1 fully saturated rings. The van der Waals surface area contributed by atoms with Crippen molar-refractivity contribution in [2.75, 3.05) is 6.54 Å². The van der Waals surface area contributed by atoms with Crippen LogP contribution in [0.5, 0.6) is 0 Å². The molecule has 4 rings (SSSR count). The van der Waals surface area contributed by atoms with E-state index in [9.17, 15) is 0 Å². The van der Waals surface area contributed by atoms with E-state index in [1.807, 2.05) is 0 Å². The van der Waals surface area contributed by atoms with Crippen molar-refractivity contribution in [3.8, 4) is 0 Å². The Kier molecular flexibility index (Phi) is 2.92. The molecule has 1 aromatic carbocycles. The molecule has 19 heavy (non-hydrogen) atoms. The van der Waals surface area contributed by atoms with E-state index in [0.29, 0.717) is 6.04 Å². The van der Waals surface area contributed by atoms with Gasteiger partial charge in [0, 0.05) is 28.6 Å². The first-order chi connectivity index (χ1) is 9.31. The summed E-state index contributed by atoms with van der Waals surface area (Å²) in [6, 6.07) is 5.29. The number of nitrogens with one attached hydrogen (secondary N) is 1. The van der Waals surface area contributed by atoms with E-state index in [-0.39, 0.29) is 0 Å². The monoisotopic (exact) mass is 318 g/mol. The zero-order valence-corrected chi connectivity index (χ0v) is 12.7. The molecule has 0 spiro atoms. The van der Waals surface area contributed by atoms with Gasteiger partial charge in [0.1, 0.15) is 0 Å². The zero-order valence-electron chi connectivity index (χ0n) is 11.1. The van der Waals surface area contributed by atoms with Gasteiger partial charge in [-0.25, -0.2) is 0 Å². The van der Waals surface area contributed by atoms with E-state index in [1.165, 1.54) is 71.7 Å². The molecular formula is C16H19BrN2. The van der Waals surface area contributed by atoms with Gasteiger partial charge in [0.15, 0.2) is 0 Å². The normalized spacial score (nSPS) is 22.3. The average molecular weight is 319 g/mol. The standard InChI is InChI=1S/C16H19BrN2/c17-13-7-11-3-2-6-19-10-12(15(9-13)16(11)19)8-14-4-1-5-18-14/h7,9-10,14,18H,1-6,8H2. The van der Waals surface area contributed by atoms with Crippen LogP contribution < -0.4 is 5.32 Å². The number of benzene rings is 1. The highest BCUT2D eigenvalue weighted by atomic mass is 79.9. The quantitative estimate of drug-likeness (QED) is 0.894. The van der Waals surface area contributed by atoms with Gasteiger partial charge in [-0.1, -0.05) is 15.9 Å². The van der Waals surface area contributed by atoms with Crippen molar-refractivity contribution in [3.63, 3.8) is 0 Å². The van der Waals surface area contributed by atoms with Crippen LogP contribution >= 0.6 is 15.9 Å². The number of halogens is 1. The number of aromatic nitrogens is 1. The summed E-state index contributed by atoms with van der Waals surface area (Å²) in [6.45, 7) is 2.38. The number of rotatable bonds is 2. The third-order valence-electron chi connectivity index (χ3n) is 4.57. The van der Waals surface area contributed by atoms with Crippen LogP contribution in [-0.2, 0) is 19.4 Å². The first-order valence-corrected chi connectivity index (χ1v) is 8.14. The Hall–Kier alpha value is -0.800. The van der Waals surface area contributed by atoms with E-state index in [2.05, 4.69) is 44.1 Å². The van der Waals surface area contributed by atoms with Crippen LogP contribution in [-0.4, -0.2) is 17.2 Å².